The second kappa shape index (κ2) is 6.20. The van der Waals surface area contributed by atoms with Crippen molar-refractivity contribution in [1.82, 2.24) is 15.5 Å². The molecule has 0 saturated carbocycles. The van der Waals surface area contributed by atoms with Gasteiger partial charge < -0.3 is 25.7 Å². The topological polar surface area (TPSA) is 119 Å². The maximum atomic E-state index is 11.5. The lowest BCUT2D eigenvalue weighted by molar-refractivity contribution is -0.139. The lowest BCUT2D eigenvalue weighted by atomic mass is 10.2. The molecule has 18 heavy (non-hydrogen) atoms. The monoisotopic (exact) mass is 259 g/mol. The van der Waals surface area contributed by atoms with E-state index >= 15 is 0 Å². The Bertz CT molecular complexity index is 338. The summed E-state index contributed by atoms with van der Waals surface area (Å²) in [6.07, 6.45) is 0.418. The average Bonchev–Trinajstić information content (AvgIpc) is 2.60. The Hall–Kier alpha value is -1.83. The minimum Gasteiger partial charge on any atom is -0.480 e. The van der Waals surface area contributed by atoms with Gasteiger partial charge in [-0.3, -0.25) is 4.79 Å². The van der Waals surface area contributed by atoms with Crippen LogP contribution < -0.4 is 10.6 Å². The zero-order valence-electron chi connectivity index (χ0n) is 10.0. The SMILES string of the molecule is CN1CCC(NC(=O)N[C@@H](CCO)C(=O)O)C1=O. The first kappa shape index (κ1) is 14.2. The summed E-state index contributed by atoms with van der Waals surface area (Å²) >= 11 is 0. The number of carbonyl (C=O) groups excluding carboxylic acids is 2. The van der Waals surface area contributed by atoms with E-state index in [1.807, 2.05) is 0 Å². The molecule has 0 aromatic carbocycles. The van der Waals surface area contributed by atoms with Gasteiger partial charge in [-0.05, 0) is 6.42 Å². The van der Waals surface area contributed by atoms with Crippen molar-refractivity contribution in [1.29, 1.82) is 0 Å². The summed E-state index contributed by atoms with van der Waals surface area (Å²) in [4.78, 5) is 35.3. The van der Waals surface area contributed by atoms with E-state index < -0.39 is 24.1 Å². The number of rotatable bonds is 5. The summed E-state index contributed by atoms with van der Waals surface area (Å²) in [7, 11) is 1.63. The predicted octanol–water partition coefficient (Wildman–Crippen LogP) is -1.65. The number of carboxylic acid groups (broad SMARTS) is 1. The molecule has 3 amide bonds. The highest BCUT2D eigenvalue weighted by atomic mass is 16.4. The third-order valence-corrected chi connectivity index (χ3v) is 2.75. The van der Waals surface area contributed by atoms with E-state index in [2.05, 4.69) is 10.6 Å². The van der Waals surface area contributed by atoms with Gasteiger partial charge in [-0.15, -0.1) is 0 Å². The van der Waals surface area contributed by atoms with Crippen LogP contribution in [-0.2, 0) is 9.59 Å². The summed E-state index contributed by atoms with van der Waals surface area (Å²) in [6.45, 7) is 0.213. The number of aliphatic carboxylic acids is 1. The Morgan fingerprint density at radius 2 is 2.22 bits per heavy atom. The van der Waals surface area contributed by atoms with Crippen molar-refractivity contribution in [3.05, 3.63) is 0 Å². The van der Waals surface area contributed by atoms with Gasteiger partial charge >= 0.3 is 12.0 Å². The highest BCUT2D eigenvalue weighted by molar-refractivity contribution is 5.89. The number of nitrogens with zero attached hydrogens (tertiary/aromatic N) is 1. The van der Waals surface area contributed by atoms with Gasteiger partial charge in [0.05, 0.1) is 0 Å². The molecule has 0 aliphatic carbocycles. The van der Waals surface area contributed by atoms with Crippen molar-refractivity contribution in [3.63, 3.8) is 0 Å². The highest BCUT2D eigenvalue weighted by Gasteiger charge is 2.31. The normalized spacial score (nSPS) is 20.7. The van der Waals surface area contributed by atoms with Gasteiger partial charge in [-0.1, -0.05) is 0 Å². The summed E-state index contributed by atoms with van der Waals surface area (Å²) in [6, 6.07) is -2.49. The molecule has 0 aromatic heterocycles. The zero-order valence-corrected chi connectivity index (χ0v) is 10.0. The van der Waals surface area contributed by atoms with E-state index in [9.17, 15) is 14.4 Å². The van der Waals surface area contributed by atoms with E-state index in [0.717, 1.165) is 0 Å². The van der Waals surface area contributed by atoms with Crippen molar-refractivity contribution in [2.45, 2.75) is 24.9 Å². The predicted molar refractivity (Wildman–Crippen MR) is 60.8 cm³/mol. The molecule has 0 aromatic rings. The maximum Gasteiger partial charge on any atom is 0.326 e. The number of aliphatic hydroxyl groups excluding tert-OH is 1. The van der Waals surface area contributed by atoms with Crippen LogP contribution in [0.2, 0.25) is 0 Å². The molecule has 0 radical (unpaired) electrons. The van der Waals surface area contributed by atoms with Crippen LogP contribution in [0.15, 0.2) is 0 Å². The summed E-state index contributed by atoms with van der Waals surface area (Å²) in [5, 5.41) is 22.1. The molecular weight excluding hydrogens is 242 g/mol. The Kier molecular flexibility index (Phi) is 4.90. The molecule has 0 bridgehead atoms. The van der Waals surface area contributed by atoms with Crippen LogP contribution in [0.25, 0.3) is 0 Å². The lowest BCUT2D eigenvalue weighted by Crippen LogP contribution is -2.51. The van der Waals surface area contributed by atoms with E-state index in [-0.39, 0.29) is 18.9 Å². The van der Waals surface area contributed by atoms with E-state index in [1.54, 1.807) is 7.05 Å². The molecule has 1 aliphatic heterocycles. The molecule has 1 heterocycles. The number of carboxylic acids is 1. The van der Waals surface area contributed by atoms with Gasteiger partial charge in [0, 0.05) is 26.6 Å². The molecule has 1 rings (SSSR count). The molecule has 4 N–H and O–H groups in total. The molecule has 0 spiro atoms. The number of nitrogens with one attached hydrogen (secondary N) is 2. The highest BCUT2D eigenvalue weighted by Crippen LogP contribution is 2.08. The van der Waals surface area contributed by atoms with Gasteiger partial charge in [0.15, 0.2) is 0 Å². The molecule has 2 atom stereocenters. The fraction of sp³-hybridized carbons (Fsp3) is 0.700. The lowest BCUT2D eigenvalue weighted by Gasteiger charge is -2.16. The van der Waals surface area contributed by atoms with Gasteiger partial charge in [-0.25, -0.2) is 9.59 Å². The molecule has 8 heteroatoms. The molecule has 1 unspecified atom stereocenters. The van der Waals surface area contributed by atoms with Crippen LogP contribution >= 0.6 is 0 Å². The number of amides is 3. The van der Waals surface area contributed by atoms with Crippen LogP contribution in [0.4, 0.5) is 4.79 Å². The number of likely N-dealkylation sites (N-methyl/N-ethyl adjacent to an activating group) is 1. The fourth-order valence-electron chi connectivity index (χ4n) is 1.70. The summed E-state index contributed by atoms with van der Waals surface area (Å²) in [5.74, 6) is -1.42. The number of hydrogen-bond donors (Lipinski definition) is 4. The summed E-state index contributed by atoms with van der Waals surface area (Å²) < 4.78 is 0. The standard InChI is InChI=1S/C10H17N3O5/c1-13-4-2-6(8(13)15)11-10(18)12-7(3-5-14)9(16)17/h6-7,14H,2-5H2,1H3,(H,16,17)(H2,11,12,18)/t6?,7-/m0/s1. The van der Waals surface area contributed by atoms with E-state index in [4.69, 9.17) is 10.2 Å². The third-order valence-electron chi connectivity index (χ3n) is 2.75. The van der Waals surface area contributed by atoms with Crippen LogP contribution in [0.3, 0.4) is 0 Å². The smallest absolute Gasteiger partial charge is 0.326 e. The molecule has 8 nitrogen and oxygen atoms in total. The average molecular weight is 259 g/mol. The largest absolute Gasteiger partial charge is 0.480 e. The summed E-state index contributed by atoms with van der Waals surface area (Å²) in [5.41, 5.74) is 0. The van der Waals surface area contributed by atoms with Crippen molar-refractivity contribution in [3.8, 4) is 0 Å². The minimum atomic E-state index is -1.23. The van der Waals surface area contributed by atoms with Crippen LogP contribution in [-0.4, -0.2) is 65.3 Å². The zero-order chi connectivity index (χ0) is 13.7. The van der Waals surface area contributed by atoms with Gasteiger partial charge in [0.25, 0.3) is 0 Å². The first-order valence-corrected chi connectivity index (χ1v) is 5.61. The van der Waals surface area contributed by atoms with E-state index in [0.29, 0.717) is 13.0 Å². The maximum absolute atomic E-state index is 11.5. The third kappa shape index (κ3) is 3.59. The second-order valence-electron chi connectivity index (χ2n) is 4.12. The van der Waals surface area contributed by atoms with Crippen molar-refractivity contribution >= 4 is 17.9 Å². The van der Waals surface area contributed by atoms with Crippen LogP contribution in [0, 0.1) is 0 Å². The molecule has 1 fully saturated rings. The Balaban J connectivity index is 2.45. The Morgan fingerprint density at radius 3 is 2.67 bits per heavy atom. The van der Waals surface area contributed by atoms with Gasteiger partial charge in [0.1, 0.15) is 12.1 Å². The first-order valence-electron chi connectivity index (χ1n) is 5.61. The number of aliphatic hydroxyl groups is 1. The van der Waals surface area contributed by atoms with Crippen molar-refractivity contribution in [2.75, 3.05) is 20.2 Å². The molecule has 1 aliphatic rings. The number of likely N-dealkylation sites (tertiary alicyclic amines) is 1. The van der Waals surface area contributed by atoms with Crippen molar-refractivity contribution < 1.29 is 24.6 Å². The Morgan fingerprint density at radius 1 is 1.56 bits per heavy atom. The van der Waals surface area contributed by atoms with E-state index in [1.165, 1.54) is 4.90 Å². The molecular formula is C10H17N3O5. The van der Waals surface area contributed by atoms with Crippen LogP contribution in [0.5, 0.6) is 0 Å². The van der Waals surface area contributed by atoms with Gasteiger partial charge in [-0.2, -0.15) is 0 Å². The quantitative estimate of drug-likeness (QED) is 0.472. The minimum absolute atomic E-state index is 0.0821. The van der Waals surface area contributed by atoms with Crippen molar-refractivity contribution in [2.24, 2.45) is 0 Å². The number of urea groups is 1. The molecule has 102 valence electrons. The Labute approximate surface area is 104 Å². The molecule has 1 saturated heterocycles. The fourth-order valence-corrected chi connectivity index (χ4v) is 1.70. The second-order valence-corrected chi connectivity index (χ2v) is 4.12. The van der Waals surface area contributed by atoms with Crippen LogP contribution in [0.1, 0.15) is 12.8 Å². The number of carbonyl (C=O) groups is 3. The first-order chi connectivity index (χ1) is 8.45. The number of hydrogen-bond acceptors (Lipinski definition) is 4. The van der Waals surface area contributed by atoms with Gasteiger partial charge in [0.2, 0.25) is 5.91 Å².